The van der Waals surface area contributed by atoms with Crippen LogP contribution in [0.25, 0.3) is 0 Å². The summed E-state index contributed by atoms with van der Waals surface area (Å²) in [5.41, 5.74) is 0.225. The molecule has 4 heteroatoms. The maximum absolute atomic E-state index is 10.8. The summed E-state index contributed by atoms with van der Waals surface area (Å²) >= 11 is 0. The summed E-state index contributed by atoms with van der Waals surface area (Å²) in [4.78, 5) is 10.8. The first kappa shape index (κ1) is 11.1. The zero-order valence-corrected chi connectivity index (χ0v) is 7.12. The number of rotatable bonds is 5. The number of hydrogen-bond donors (Lipinski definition) is 2. The summed E-state index contributed by atoms with van der Waals surface area (Å²) in [7, 11) is 0. The molecule has 0 aliphatic rings. The highest BCUT2D eigenvalue weighted by Gasteiger charge is 2.13. The smallest absolute Gasteiger partial charge is 0.308 e. The average molecular weight is 174 g/mol. The summed E-state index contributed by atoms with van der Waals surface area (Å²) in [6.07, 6.45) is -1.15. The Hall–Kier alpha value is -0.870. The number of esters is 1. The monoisotopic (exact) mass is 174 g/mol. The Kier molecular flexibility index (Phi) is 5.32. The first-order chi connectivity index (χ1) is 5.61. The second kappa shape index (κ2) is 5.74. The minimum Gasteiger partial charge on any atom is -0.466 e. The lowest BCUT2D eigenvalue weighted by Crippen LogP contribution is -2.19. The van der Waals surface area contributed by atoms with Crippen LogP contribution in [0.15, 0.2) is 12.2 Å². The standard InChI is InChI=1S/C8H14O4/c1-3-12-8(11)4-7(10)6(2)5-9/h7,9-10H,2-5H2,1H3. The molecule has 0 bridgehead atoms. The third-order valence-electron chi connectivity index (χ3n) is 1.34. The Morgan fingerprint density at radius 1 is 1.67 bits per heavy atom. The summed E-state index contributed by atoms with van der Waals surface area (Å²) in [5.74, 6) is -0.486. The fourth-order valence-electron chi connectivity index (χ4n) is 0.627. The van der Waals surface area contributed by atoms with Gasteiger partial charge in [-0.1, -0.05) is 6.58 Å². The number of aliphatic hydroxyl groups excluding tert-OH is 2. The summed E-state index contributed by atoms with van der Waals surface area (Å²) in [6, 6.07) is 0. The van der Waals surface area contributed by atoms with Gasteiger partial charge in [0.1, 0.15) is 0 Å². The quantitative estimate of drug-likeness (QED) is 0.449. The van der Waals surface area contributed by atoms with Crippen molar-refractivity contribution in [2.45, 2.75) is 19.4 Å². The van der Waals surface area contributed by atoms with E-state index in [1.807, 2.05) is 0 Å². The van der Waals surface area contributed by atoms with Gasteiger partial charge < -0.3 is 14.9 Å². The fraction of sp³-hybridized carbons (Fsp3) is 0.625. The zero-order chi connectivity index (χ0) is 9.56. The predicted molar refractivity (Wildman–Crippen MR) is 43.5 cm³/mol. The molecule has 0 saturated carbocycles. The molecule has 0 spiro atoms. The molecule has 0 heterocycles. The third-order valence-corrected chi connectivity index (χ3v) is 1.34. The van der Waals surface area contributed by atoms with Crippen molar-refractivity contribution in [1.82, 2.24) is 0 Å². The minimum atomic E-state index is -1.01. The minimum absolute atomic E-state index is 0.146. The van der Waals surface area contributed by atoms with Crippen LogP contribution in [0.3, 0.4) is 0 Å². The molecule has 0 aliphatic carbocycles. The highest BCUT2D eigenvalue weighted by atomic mass is 16.5. The van der Waals surface area contributed by atoms with Gasteiger partial charge in [0, 0.05) is 0 Å². The van der Waals surface area contributed by atoms with Gasteiger partial charge in [-0.25, -0.2) is 0 Å². The molecule has 2 N–H and O–H groups in total. The van der Waals surface area contributed by atoms with E-state index in [1.165, 1.54) is 0 Å². The van der Waals surface area contributed by atoms with Gasteiger partial charge in [0.15, 0.2) is 0 Å². The molecule has 4 nitrogen and oxygen atoms in total. The number of hydrogen-bond acceptors (Lipinski definition) is 4. The van der Waals surface area contributed by atoms with Crippen molar-refractivity contribution in [3.8, 4) is 0 Å². The van der Waals surface area contributed by atoms with E-state index in [1.54, 1.807) is 6.92 Å². The van der Waals surface area contributed by atoms with Gasteiger partial charge in [-0.3, -0.25) is 4.79 Å². The van der Waals surface area contributed by atoms with Crippen LogP contribution in [0.2, 0.25) is 0 Å². The van der Waals surface area contributed by atoms with Gasteiger partial charge in [0.2, 0.25) is 0 Å². The van der Waals surface area contributed by atoms with Gasteiger partial charge in [0.05, 0.1) is 25.7 Å². The maximum Gasteiger partial charge on any atom is 0.308 e. The lowest BCUT2D eigenvalue weighted by atomic mass is 10.1. The predicted octanol–water partition coefficient (Wildman–Crippen LogP) is -0.151. The van der Waals surface area contributed by atoms with Crippen molar-refractivity contribution in [3.05, 3.63) is 12.2 Å². The maximum atomic E-state index is 10.8. The third kappa shape index (κ3) is 4.10. The zero-order valence-electron chi connectivity index (χ0n) is 7.12. The second-order valence-corrected chi connectivity index (χ2v) is 2.34. The molecule has 0 amide bonds. The van der Waals surface area contributed by atoms with Crippen molar-refractivity contribution in [2.75, 3.05) is 13.2 Å². The van der Waals surface area contributed by atoms with Gasteiger partial charge >= 0.3 is 5.97 Å². The average Bonchev–Trinajstić information content (AvgIpc) is 2.03. The molecule has 0 rings (SSSR count). The number of aliphatic hydroxyl groups is 2. The highest BCUT2D eigenvalue weighted by molar-refractivity contribution is 5.70. The van der Waals surface area contributed by atoms with Crippen LogP contribution < -0.4 is 0 Å². The van der Waals surface area contributed by atoms with Crippen LogP contribution in [0, 0.1) is 0 Å². The molecule has 1 atom stereocenters. The molecular formula is C8H14O4. The first-order valence-electron chi connectivity index (χ1n) is 3.74. The molecule has 0 aliphatic heterocycles. The van der Waals surface area contributed by atoms with Crippen LogP contribution >= 0.6 is 0 Å². The van der Waals surface area contributed by atoms with Crippen LogP contribution in [0.5, 0.6) is 0 Å². The molecular weight excluding hydrogens is 160 g/mol. The van der Waals surface area contributed by atoms with Crippen molar-refractivity contribution in [1.29, 1.82) is 0 Å². The molecule has 0 radical (unpaired) electrons. The van der Waals surface area contributed by atoms with Crippen molar-refractivity contribution >= 4 is 5.97 Å². The van der Waals surface area contributed by atoms with Gasteiger partial charge in [-0.05, 0) is 12.5 Å². The van der Waals surface area contributed by atoms with E-state index in [9.17, 15) is 4.79 Å². The lowest BCUT2D eigenvalue weighted by molar-refractivity contribution is -0.144. The van der Waals surface area contributed by atoms with E-state index >= 15 is 0 Å². The van der Waals surface area contributed by atoms with E-state index in [0.717, 1.165) is 0 Å². The summed E-state index contributed by atoms with van der Waals surface area (Å²) in [6.45, 7) is 5.03. The van der Waals surface area contributed by atoms with Crippen molar-refractivity contribution in [2.24, 2.45) is 0 Å². The molecule has 0 aromatic carbocycles. The molecule has 12 heavy (non-hydrogen) atoms. The molecule has 70 valence electrons. The Labute approximate surface area is 71.5 Å². The van der Waals surface area contributed by atoms with E-state index < -0.39 is 12.1 Å². The fourth-order valence-corrected chi connectivity index (χ4v) is 0.627. The molecule has 0 aromatic rings. The Morgan fingerprint density at radius 2 is 2.25 bits per heavy atom. The largest absolute Gasteiger partial charge is 0.466 e. The number of carbonyl (C=O) groups excluding carboxylic acids is 1. The Morgan fingerprint density at radius 3 is 2.67 bits per heavy atom. The SMILES string of the molecule is C=C(CO)C(O)CC(=O)OCC. The van der Waals surface area contributed by atoms with Crippen LogP contribution in [0.1, 0.15) is 13.3 Å². The van der Waals surface area contributed by atoms with E-state index in [2.05, 4.69) is 11.3 Å². The Bertz CT molecular complexity index is 164. The van der Waals surface area contributed by atoms with Gasteiger partial charge in [0.25, 0.3) is 0 Å². The number of carbonyl (C=O) groups is 1. The second-order valence-electron chi connectivity index (χ2n) is 2.34. The van der Waals surface area contributed by atoms with E-state index in [-0.39, 0.29) is 25.2 Å². The van der Waals surface area contributed by atoms with Gasteiger partial charge in [-0.2, -0.15) is 0 Å². The van der Waals surface area contributed by atoms with Gasteiger partial charge in [-0.15, -0.1) is 0 Å². The summed E-state index contributed by atoms with van der Waals surface area (Å²) in [5, 5.41) is 17.7. The topological polar surface area (TPSA) is 66.8 Å². The van der Waals surface area contributed by atoms with Crippen LogP contribution in [-0.4, -0.2) is 35.5 Å². The van der Waals surface area contributed by atoms with E-state index in [0.29, 0.717) is 0 Å². The summed E-state index contributed by atoms with van der Waals surface area (Å²) < 4.78 is 4.59. The molecule has 1 unspecified atom stereocenters. The highest BCUT2D eigenvalue weighted by Crippen LogP contribution is 2.03. The molecule has 0 aromatic heterocycles. The van der Waals surface area contributed by atoms with Crippen LogP contribution in [-0.2, 0) is 9.53 Å². The normalized spacial score (nSPS) is 12.2. The van der Waals surface area contributed by atoms with Crippen LogP contribution in [0.4, 0.5) is 0 Å². The van der Waals surface area contributed by atoms with Crippen molar-refractivity contribution in [3.63, 3.8) is 0 Å². The van der Waals surface area contributed by atoms with Crippen molar-refractivity contribution < 1.29 is 19.7 Å². The van der Waals surface area contributed by atoms with E-state index in [4.69, 9.17) is 10.2 Å². The molecule has 0 saturated heterocycles. The lowest BCUT2D eigenvalue weighted by Gasteiger charge is -2.10. The molecule has 0 fully saturated rings. The number of ether oxygens (including phenoxy) is 1. The Balaban J connectivity index is 3.75. The first-order valence-corrected chi connectivity index (χ1v) is 3.74.